The first-order valence-corrected chi connectivity index (χ1v) is 18.6. The van der Waals surface area contributed by atoms with Crippen molar-refractivity contribution in [2.24, 2.45) is 5.92 Å². The summed E-state index contributed by atoms with van der Waals surface area (Å²) in [5, 5.41) is 15.6. The molecule has 2 amide bonds. The number of nitrogens with one attached hydrogen (secondary N) is 2. The van der Waals surface area contributed by atoms with Crippen LogP contribution in [0, 0.1) is 5.92 Å². The van der Waals surface area contributed by atoms with Gasteiger partial charge in [-0.15, -0.1) is 0 Å². The number of ether oxygens (including phenoxy) is 4. The summed E-state index contributed by atoms with van der Waals surface area (Å²) >= 11 is 0. The van der Waals surface area contributed by atoms with Crippen LogP contribution in [-0.2, 0) is 42.1 Å². The molecule has 4 atom stereocenters. The Balaban J connectivity index is 1.05. The molecule has 0 radical (unpaired) electrons. The highest BCUT2D eigenvalue weighted by Gasteiger charge is 2.39. The minimum absolute atomic E-state index is 0.00132. The van der Waals surface area contributed by atoms with Crippen LogP contribution in [0.2, 0.25) is 0 Å². The Morgan fingerprint density at radius 2 is 1.41 bits per heavy atom. The summed E-state index contributed by atoms with van der Waals surface area (Å²) in [6.45, 7) is 5.56. The van der Waals surface area contributed by atoms with E-state index in [4.69, 9.17) is 18.9 Å². The molecular weight excluding hydrogens is 679 g/mol. The smallest absolute Gasteiger partial charge is 0.315 e. The Bertz CT molecular complexity index is 2000. The van der Waals surface area contributed by atoms with Crippen LogP contribution < -0.4 is 20.1 Å². The Hall–Kier alpha value is -5.19. The average molecular weight is 728 g/mol. The molecule has 0 aromatic heterocycles. The maximum absolute atomic E-state index is 12.5. The van der Waals surface area contributed by atoms with E-state index in [9.17, 15) is 9.90 Å². The number of hydrogen-bond acceptors (Lipinski definition) is 7. The highest BCUT2D eigenvalue weighted by atomic mass is 16.7. The number of carbonyl (C=O) groups is 1. The molecule has 5 aromatic rings. The molecular formula is C45H49N3O6. The molecule has 2 aliphatic rings. The standard InChI is InChI=1S/C45H49N3O6/c1-30-42(28-48-21-20-38-23-40(51-2)41(52-3)24-39(38)27-48)53-44(54-43(30)35-14-12-32(29-49)13-15-35)36-18-16-34(17-19-36)37-11-7-10-33(22-37)26-47-45(50)46-25-31-8-5-4-6-9-31/h4-19,22-24,30,42-44,49H,20-21,25-29H2,1-3H3,(H2,46,47,50). The summed E-state index contributed by atoms with van der Waals surface area (Å²) < 4.78 is 24.8. The van der Waals surface area contributed by atoms with Gasteiger partial charge in [0.15, 0.2) is 17.8 Å². The summed E-state index contributed by atoms with van der Waals surface area (Å²) in [7, 11) is 3.35. The summed E-state index contributed by atoms with van der Waals surface area (Å²) in [5.41, 5.74) is 9.59. The van der Waals surface area contributed by atoms with Gasteiger partial charge >= 0.3 is 6.03 Å². The van der Waals surface area contributed by atoms with Crippen LogP contribution in [0.3, 0.4) is 0 Å². The van der Waals surface area contributed by atoms with E-state index >= 15 is 0 Å². The van der Waals surface area contributed by atoms with Crippen molar-refractivity contribution in [2.75, 3.05) is 27.3 Å². The van der Waals surface area contributed by atoms with Crippen molar-refractivity contribution >= 4 is 6.03 Å². The van der Waals surface area contributed by atoms with Crippen molar-refractivity contribution in [3.8, 4) is 22.6 Å². The number of hydrogen-bond donors (Lipinski definition) is 3. The highest BCUT2D eigenvalue weighted by Crippen LogP contribution is 2.43. The van der Waals surface area contributed by atoms with Crippen LogP contribution in [0.5, 0.6) is 11.5 Å². The largest absolute Gasteiger partial charge is 0.493 e. The van der Waals surface area contributed by atoms with Crippen molar-refractivity contribution in [3.05, 3.63) is 154 Å². The quantitative estimate of drug-likeness (QED) is 0.121. The van der Waals surface area contributed by atoms with E-state index in [2.05, 4.69) is 83.1 Å². The number of aliphatic hydroxyl groups excluding tert-OH is 1. The van der Waals surface area contributed by atoms with Gasteiger partial charge in [-0.3, -0.25) is 4.90 Å². The summed E-state index contributed by atoms with van der Waals surface area (Å²) in [6, 6.07) is 38.5. The number of aliphatic hydroxyl groups is 1. The molecule has 1 fully saturated rings. The number of rotatable bonds is 12. The first kappa shape index (κ1) is 37.1. The Kier molecular flexibility index (Phi) is 11.9. The van der Waals surface area contributed by atoms with Crippen LogP contribution in [0.4, 0.5) is 4.79 Å². The van der Waals surface area contributed by atoms with Crippen LogP contribution >= 0.6 is 0 Å². The van der Waals surface area contributed by atoms with Gasteiger partial charge in [0.05, 0.1) is 33.0 Å². The average Bonchev–Trinajstić information content (AvgIpc) is 3.23. The molecule has 54 heavy (non-hydrogen) atoms. The fraction of sp³-hybridized carbons (Fsp3) is 0.311. The van der Waals surface area contributed by atoms with Gasteiger partial charge in [-0.05, 0) is 69.1 Å². The zero-order valence-electron chi connectivity index (χ0n) is 31.2. The van der Waals surface area contributed by atoms with E-state index in [1.54, 1.807) is 14.2 Å². The topological polar surface area (TPSA) is 102 Å². The van der Waals surface area contributed by atoms with Crippen LogP contribution in [-0.4, -0.2) is 49.5 Å². The molecule has 7 rings (SSSR count). The third-order valence-corrected chi connectivity index (χ3v) is 10.6. The summed E-state index contributed by atoms with van der Waals surface area (Å²) in [4.78, 5) is 14.9. The number of nitrogens with zero attached hydrogens (tertiary/aromatic N) is 1. The third-order valence-electron chi connectivity index (χ3n) is 10.6. The second-order valence-electron chi connectivity index (χ2n) is 14.1. The van der Waals surface area contributed by atoms with Crippen molar-refractivity contribution in [3.63, 3.8) is 0 Å². The molecule has 5 aromatic carbocycles. The monoisotopic (exact) mass is 727 g/mol. The Morgan fingerprint density at radius 1 is 0.741 bits per heavy atom. The van der Waals surface area contributed by atoms with E-state index in [0.717, 1.165) is 76.5 Å². The minimum Gasteiger partial charge on any atom is -0.493 e. The summed E-state index contributed by atoms with van der Waals surface area (Å²) in [6.07, 6.45) is 0.0654. The van der Waals surface area contributed by atoms with E-state index < -0.39 is 6.29 Å². The fourth-order valence-electron chi connectivity index (χ4n) is 7.40. The van der Waals surface area contributed by atoms with Gasteiger partial charge in [-0.1, -0.05) is 104 Å². The Morgan fingerprint density at radius 3 is 2.11 bits per heavy atom. The van der Waals surface area contributed by atoms with E-state index in [0.29, 0.717) is 13.1 Å². The summed E-state index contributed by atoms with van der Waals surface area (Å²) in [5.74, 6) is 1.58. The third kappa shape index (κ3) is 8.77. The minimum atomic E-state index is -0.561. The molecule has 9 heteroatoms. The van der Waals surface area contributed by atoms with Gasteiger partial charge in [0, 0.05) is 44.2 Å². The SMILES string of the molecule is COc1cc2c(cc1OC)CN(CC1OC(c3ccc(-c4cccc(CNC(=O)NCc5ccccc5)c4)cc3)OC(c3ccc(CO)cc3)C1C)CC2. The molecule has 0 spiro atoms. The van der Waals surface area contributed by atoms with Crippen LogP contribution in [0.15, 0.2) is 115 Å². The molecule has 1 saturated heterocycles. The second-order valence-corrected chi connectivity index (χ2v) is 14.1. The lowest BCUT2D eigenvalue weighted by Crippen LogP contribution is -2.45. The number of benzene rings is 5. The molecule has 9 nitrogen and oxygen atoms in total. The van der Waals surface area contributed by atoms with Crippen molar-refractivity contribution in [2.45, 2.75) is 58.1 Å². The second kappa shape index (κ2) is 17.3. The van der Waals surface area contributed by atoms with Gasteiger partial charge in [0.2, 0.25) is 0 Å². The lowest BCUT2D eigenvalue weighted by molar-refractivity contribution is -0.276. The molecule has 3 N–H and O–H groups in total. The molecule has 2 aliphatic heterocycles. The van der Waals surface area contributed by atoms with Gasteiger partial charge in [-0.25, -0.2) is 4.79 Å². The molecule has 0 aliphatic carbocycles. The number of urea groups is 1. The lowest BCUT2D eigenvalue weighted by atomic mass is 9.89. The van der Waals surface area contributed by atoms with Gasteiger partial charge < -0.3 is 34.7 Å². The van der Waals surface area contributed by atoms with E-state index in [-0.39, 0.29) is 30.8 Å². The molecule has 2 heterocycles. The first-order valence-electron chi connectivity index (χ1n) is 18.6. The zero-order chi connectivity index (χ0) is 37.4. The van der Waals surface area contributed by atoms with Crippen LogP contribution in [0.25, 0.3) is 11.1 Å². The van der Waals surface area contributed by atoms with E-state index in [1.165, 1.54) is 11.1 Å². The first-order chi connectivity index (χ1) is 26.4. The normalized spacial score (nSPS) is 19.8. The fourth-order valence-corrected chi connectivity index (χ4v) is 7.40. The molecule has 4 unspecified atom stereocenters. The predicted octanol–water partition coefficient (Wildman–Crippen LogP) is 7.71. The molecule has 0 bridgehead atoms. The molecule has 280 valence electrons. The van der Waals surface area contributed by atoms with E-state index in [1.807, 2.05) is 54.6 Å². The van der Waals surface area contributed by atoms with Crippen molar-refractivity contribution in [1.82, 2.24) is 15.5 Å². The maximum Gasteiger partial charge on any atom is 0.315 e. The number of methoxy groups -OCH3 is 2. The van der Waals surface area contributed by atoms with Crippen molar-refractivity contribution < 1.29 is 28.8 Å². The van der Waals surface area contributed by atoms with Crippen LogP contribution in [0.1, 0.15) is 58.3 Å². The number of carbonyl (C=O) groups excluding carboxylic acids is 1. The number of amides is 2. The predicted molar refractivity (Wildman–Crippen MR) is 209 cm³/mol. The lowest BCUT2D eigenvalue weighted by Gasteiger charge is -2.43. The van der Waals surface area contributed by atoms with Gasteiger partial charge in [0.25, 0.3) is 0 Å². The zero-order valence-corrected chi connectivity index (χ0v) is 31.2. The highest BCUT2D eigenvalue weighted by molar-refractivity contribution is 5.74. The van der Waals surface area contributed by atoms with Gasteiger partial charge in [0.1, 0.15) is 0 Å². The molecule has 0 saturated carbocycles. The number of fused-ring (bicyclic) bond motifs is 1. The van der Waals surface area contributed by atoms with Crippen molar-refractivity contribution in [1.29, 1.82) is 0 Å². The van der Waals surface area contributed by atoms with Gasteiger partial charge in [-0.2, -0.15) is 0 Å². The Labute approximate surface area is 317 Å². The maximum atomic E-state index is 12.5.